The van der Waals surface area contributed by atoms with E-state index in [9.17, 15) is 14.7 Å². The molecule has 2 N–H and O–H groups in total. The molecule has 0 radical (unpaired) electrons. The first-order valence-electron chi connectivity index (χ1n) is 11.0. The molecule has 1 aromatic carbocycles. The van der Waals surface area contributed by atoms with Gasteiger partial charge in [0.05, 0.1) is 34.8 Å². The van der Waals surface area contributed by atoms with Crippen LogP contribution in [0.1, 0.15) is 38.4 Å². The number of carboxylic acid groups (broad SMARTS) is 1. The highest BCUT2D eigenvalue weighted by atomic mass is 16.5. The normalized spacial score (nSPS) is 12.2. The van der Waals surface area contributed by atoms with E-state index in [2.05, 4.69) is 16.9 Å². The number of carbonyl (C=O) groups is 1. The second-order valence-corrected chi connectivity index (χ2v) is 8.49. The number of hydrogen-bond acceptors (Lipinski definition) is 5. The third-order valence-electron chi connectivity index (χ3n) is 5.55. The van der Waals surface area contributed by atoms with E-state index >= 15 is 0 Å². The smallest absolute Gasteiger partial charge is 0.404 e. The predicted octanol–water partition coefficient (Wildman–Crippen LogP) is 4.46. The fourth-order valence-corrected chi connectivity index (χ4v) is 4.09. The molecule has 1 amide bonds. The van der Waals surface area contributed by atoms with Gasteiger partial charge in [0.2, 0.25) is 0 Å². The van der Waals surface area contributed by atoms with Crippen molar-refractivity contribution < 1.29 is 19.4 Å². The number of pyridine rings is 2. The van der Waals surface area contributed by atoms with Gasteiger partial charge in [-0.3, -0.25) is 9.78 Å². The predicted molar refractivity (Wildman–Crippen MR) is 130 cm³/mol. The molecule has 1 atom stereocenters. The summed E-state index contributed by atoms with van der Waals surface area (Å²) in [4.78, 5) is 28.6. The molecule has 0 aliphatic carbocycles. The first-order valence-corrected chi connectivity index (χ1v) is 11.0. The van der Waals surface area contributed by atoms with Crippen LogP contribution in [0.25, 0.3) is 27.4 Å². The zero-order valence-corrected chi connectivity index (χ0v) is 19.8. The average Bonchev–Trinajstić information content (AvgIpc) is 2.74. The van der Waals surface area contributed by atoms with Crippen LogP contribution < -0.4 is 15.6 Å². The van der Waals surface area contributed by atoms with Crippen molar-refractivity contribution in [3.05, 3.63) is 52.6 Å². The van der Waals surface area contributed by atoms with Gasteiger partial charge in [0.25, 0.3) is 5.56 Å². The zero-order valence-electron chi connectivity index (χ0n) is 19.8. The molecule has 3 rings (SSSR count). The minimum atomic E-state index is -1.10. The summed E-state index contributed by atoms with van der Waals surface area (Å²) in [6, 6.07) is 5.14. The SMILES string of the molecule is C=C(OCC)c1cc2c3ccnc(C)c3c(=O)n(C)c2cc1OCC(CC(C)C)NC(=O)O. The summed E-state index contributed by atoms with van der Waals surface area (Å²) in [7, 11) is 1.71. The summed E-state index contributed by atoms with van der Waals surface area (Å²) < 4.78 is 13.4. The Labute approximate surface area is 192 Å². The molecule has 0 saturated heterocycles. The number of hydrogen-bond donors (Lipinski definition) is 2. The van der Waals surface area contributed by atoms with E-state index in [1.54, 1.807) is 23.9 Å². The molecular formula is C25H31N3O5. The summed E-state index contributed by atoms with van der Waals surface area (Å²) in [5.41, 5.74) is 1.86. The van der Waals surface area contributed by atoms with Gasteiger partial charge in [-0.1, -0.05) is 20.4 Å². The van der Waals surface area contributed by atoms with Crippen molar-refractivity contribution in [3.63, 3.8) is 0 Å². The van der Waals surface area contributed by atoms with Crippen LogP contribution in [0.5, 0.6) is 5.75 Å². The molecule has 0 aliphatic heterocycles. The Morgan fingerprint density at radius 3 is 2.67 bits per heavy atom. The van der Waals surface area contributed by atoms with Crippen LogP contribution >= 0.6 is 0 Å². The van der Waals surface area contributed by atoms with E-state index in [-0.39, 0.29) is 24.1 Å². The van der Waals surface area contributed by atoms with Crippen molar-refractivity contribution in [2.75, 3.05) is 13.2 Å². The van der Waals surface area contributed by atoms with Crippen molar-refractivity contribution in [1.82, 2.24) is 14.9 Å². The van der Waals surface area contributed by atoms with Gasteiger partial charge < -0.3 is 24.5 Å². The number of aryl methyl sites for hydroxylation is 2. The summed E-state index contributed by atoms with van der Waals surface area (Å²) in [5.74, 6) is 1.19. The molecule has 2 heterocycles. The standard InChI is InChI=1S/C25H31N3O5/c1-7-32-16(5)19-11-20-18-8-9-26-15(4)23(18)24(29)28(6)21(20)12-22(19)33-13-17(10-14(2)3)27-25(30)31/h8-9,11-12,14,17,27H,5,7,10,13H2,1-4,6H3,(H,30,31). The van der Waals surface area contributed by atoms with E-state index < -0.39 is 6.09 Å². The number of aromatic nitrogens is 2. The molecular weight excluding hydrogens is 422 g/mol. The topological polar surface area (TPSA) is 103 Å². The minimum absolute atomic E-state index is 0.132. The molecule has 3 aromatic rings. The first-order chi connectivity index (χ1) is 15.6. The van der Waals surface area contributed by atoms with Gasteiger partial charge >= 0.3 is 6.09 Å². The summed E-state index contributed by atoms with van der Waals surface area (Å²) >= 11 is 0. The molecule has 0 saturated carbocycles. The van der Waals surface area contributed by atoms with Crippen LogP contribution in [-0.2, 0) is 11.8 Å². The van der Waals surface area contributed by atoms with Gasteiger partial charge in [-0.2, -0.15) is 0 Å². The van der Waals surface area contributed by atoms with Gasteiger partial charge in [-0.25, -0.2) is 4.79 Å². The van der Waals surface area contributed by atoms with Crippen molar-refractivity contribution in [3.8, 4) is 5.75 Å². The van der Waals surface area contributed by atoms with E-state index in [0.717, 1.165) is 10.8 Å². The molecule has 33 heavy (non-hydrogen) atoms. The number of nitrogens with zero attached hydrogens (tertiary/aromatic N) is 2. The highest BCUT2D eigenvalue weighted by molar-refractivity contribution is 6.07. The Morgan fingerprint density at radius 1 is 1.30 bits per heavy atom. The van der Waals surface area contributed by atoms with Crippen LogP contribution in [0, 0.1) is 12.8 Å². The zero-order chi connectivity index (χ0) is 24.3. The fourth-order valence-electron chi connectivity index (χ4n) is 4.09. The highest BCUT2D eigenvalue weighted by Gasteiger charge is 2.19. The van der Waals surface area contributed by atoms with Gasteiger partial charge in [-0.15, -0.1) is 0 Å². The van der Waals surface area contributed by atoms with E-state index in [1.165, 1.54) is 0 Å². The van der Waals surface area contributed by atoms with E-state index in [1.807, 2.05) is 39.8 Å². The summed E-state index contributed by atoms with van der Waals surface area (Å²) in [6.45, 7) is 12.3. The molecule has 0 bridgehead atoms. The second-order valence-electron chi connectivity index (χ2n) is 8.49. The lowest BCUT2D eigenvalue weighted by molar-refractivity contribution is 0.176. The lowest BCUT2D eigenvalue weighted by atomic mass is 10.0. The Morgan fingerprint density at radius 2 is 2.03 bits per heavy atom. The third-order valence-corrected chi connectivity index (χ3v) is 5.55. The third kappa shape index (κ3) is 5.10. The van der Waals surface area contributed by atoms with E-state index in [0.29, 0.717) is 46.7 Å². The lowest BCUT2D eigenvalue weighted by Crippen LogP contribution is -2.39. The van der Waals surface area contributed by atoms with E-state index in [4.69, 9.17) is 9.47 Å². The molecule has 0 fully saturated rings. The Hall–Kier alpha value is -3.55. The molecule has 0 spiro atoms. The van der Waals surface area contributed by atoms with Gasteiger partial charge in [-0.05, 0) is 43.7 Å². The van der Waals surface area contributed by atoms with Crippen LogP contribution in [0.4, 0.5) is 4.79 Å². The lowest BCUT2D eigenvalue weighted by Gasteiger charge is -2.22. The number of fused-ring (bicyclic) bond motifs is 3. The molecule has 1 unspecified atom stereocenters. The monoisotopic (exact) mass is 453 g/mol. The van der Waals surface area contributed by atoms with Crippen molar-refractivity contribution in [2.45, 2.75) is 40.2 Å². The van der Waals surface area contributed by atoms with Crippen molar-refractivity contribution in [1.29, 1.82) is 0 Å². The molecule has 2 aromatic heterocycles. The van der Waals surface area contributed by atoms with Gasteiger partial charge in [0.1, 0.15) is 18.1 Å². The fraction of sp³-hybridized carbons (Fsp3) is 0.400. The van der Waals surface area contributed by atoms with Gasteiger partial charge in [0, 0.05) is 24.7 Å². The van der Waals surface area contributed by atoms with Crippen LogP contribution in [-0.4, -0.2) is 40.0 Å². The number of ether oxygens (including phenoxy) is 2. The van der Waals surface area contributed by atoms with Gasteiger partial charge in [0.15, 0.2) is 0 Å². The van der Waals surface area contributed by atoms with Crippen molar-refractivity contribution in [2.24, 2.45) is 13.0 Å². The number of amides is 1. The highest BCUT2D eigenvalue weighted by Crippen LogP contribution is 2.34. The van der Waals surface area contributed by atoms with Crippen LogP contribution in [0.3, 0.4) is 0 Å². The minimum Gasteiger partial charge on any atom is -0.494 e. The second kappa shape index (κ2) is 9.94. The quantitative estimate of drug-likeness (QED) is 0.366. The molecule has 176 valence electrons. The van der Waals surface area contributed by atoms with Crippen LogP contribution in [0.15, 0.2) is 35.8 Å². The molecule has 0 aliphatic rings. The summed E-state index contributed by atoms with van der Waals surface area (Å²) in [5, 5.41) is 13.9. The Balaban J connectivity index is 2.17. The largest absolute Gasteiger partial charge is 0.494 e. The number of benzene rings is 1. The Kier molecular flexibility index (Phi) is 7.26. The first kappa shape index (κ1) is 24.1. The Bertz CT molecular complexity index is 1260. The number of rotatable bonds is 9. The van der Waals surface area contributed by atoms with Crippen molar-refractivity contribution >= 4 is 33.5 Å². The maximum Gasteiger partial charge on any atom is 0.404 e. The number of nitrogens with one attached hydrogen (secondary N) is 1. The van der Waals surface area contributed by atoms with Crippen LogP contribution in [0.2, 0.25) is 0 Å². The molecule has 8 heteroatoms. The average molecular weight is 454 g/mol. The maximum absolute atomic E-state index is 13.1. The summed E-state index contributed by atoms with van der Waals surface area (Å²) in [6.07, 6.45) is 1.21. The molecule has 8 nitrogen and oxygen atoms in total. The maximum atomic E-state index is 13.1.